The van der Waals surface area contributed by atoms with Crippen molar-refractivity contribution >= 4 is 15.9 Å². The molecule has 0 saturated carbocycles. The number of ether oxygens (including phenoxy) is 1. The molecule has 1 heterocycles. The van der Waals surface area contributed by atoms with Crippen molar-refractivity contribution in [2.45, 2.75) is 31.9 Å². The molecule has 0 aliphatic carbocycles. The Labute approximate surface area is 183 Å². The van der Waals surface area contributed by atoms with E-state index in [2.05, 4.69) is 5.32 Å². The molecule has 1 aliphatic heterocycles. The minimum absolute atomic E-state index is 0.118. The molecule has 2 aromatic rings. The van der Waals surface area contributed by atoms with Crippen LogP contribution in [-0.2, 0) is 21.2 Å². The fourth-order valence-corrected chi connectivity index (χ4v) is 5.50. The smallest absolute Gasteiger partial charge is 0.224 e. The number of nitrogens with zero attached hydrogens (tertiary/aromatic N) is 1. The molecule has 6 nitrogen and oxygen atoms in total. The predicted octanol–water partition coefficient (Wildman–Crippen LogP) is 3.22. The Balaban J connectivity index is 1.95. The second-order valence-electron chi connectivity index (χ2n) is 7.82. The van der Waals surface area contributed by atoms with Crippen LogP contribution in [0.1, 0.15) is 25.8 Å². The van der Waals surface area contributed by atoms with E-state index in [1.807, 2.05) is 31.2 Å². The first-order valence-corrected chi connectivity index (χ1v) is 12.0. The Bertz CT molecular complexity index is 1040. The summed E-state index contributed by atoms with van der Waals surface area (Å²) in [6, 6.07) is 11.7. The molecule has 2 aromatic carbocycles. The van der Waals surface area contributed by atoms with Crippen LogP contribution >= 0.6 is 0 Å². The number of benzene rings is 2. The quantitative estimate of drug-likeness (QED) is 0.706. The number of sulfonamides is 1. The van der Waals surface area contributed by atoms with Gasteiger partial charge in [0.2, 0.25) is 15.9 Å². The van der Waals surface area contributed by atoms with Crippen molar-refractivity contribution in [3.05, 3.63) is 53.8 Å². The van der Waals surface area contributed by atoms with Crippen molar-refractivity contribution in [2.75, 3.05) is 26.7 Å². The van der Waals surface area contributed by atoms with Gasteiger partial charge < -0.3 is 10.1 Å². The molecule has 0 aromatic heterocycles. The van der Waals surface area contributed by atoms with Gasteiger partial charge in [0.1, 0.15) is 11.6 Å². The van der Waals surface area contributed by atoms with Crippen LogP contribution in [0.5, 0.6) is 5.75 Å². The van der Waals surface area contributed by atoms with Crippen LogP contribution in [0.4, 0.5) is 4.39 Å². The lowest BCUT2D eigenvalue weighted by molar-refractivity contribution is -0.124. The van der Waals surface area contributed by atoms with E-state index in [-0.39, 0.29) is 31.4 Å². The van der Waals surface area contributed by atoms with Gasteiger partial charge in [-0.3, -0.25) is 4.79 Å². The number of hydrogen-bond donors (Lipinski definition) is 1. The number of methoxy groups -OCH3 is 1. The lowest BCUT2D eigenvalue weighted by atomic mass is 9.91. The summed E-state index contributed by atoms with van der Waals surface area (Å²) >= 11 is 0. The number of rotatable bonds is 7. The number of halogens is 1. The monoisotopic (exact) mass is 448 g/mol. The summed E-state index contributed by atoms with van der Waals surface area (Å²) in [7, 11) is -1.97. The number of carbonyl (C=O) groups excluding carboxylic acids is 1. The van der Waals surface area contributed by atoms with Crippen molar-refractivity contribution in [1.82, 2.24) is 9.62 Å². The third kappa shape index (κ3) is 5.07. The zero-order chi connectivity index (χ0) is 22.6. The minimum Gasteiger partial charge on any atom is -0.496 e. The van der Waals surface area contributed by atoms with E-state index in [9.17, 15) is 17.6 Å². The van der Waals surface area contributed by atoms with Crippen molar-refractivity contribution in [3.63, 3.8) is 0 Å². The molecule has 0 radical (unpaired) electrons. The van der Waals surface area contributed by atoms with Gasteiger partial charge in [0.15, 0.2) is 0 Å². The fraction of sp³-hybridized carbons (Fsp3) is 0.435. The van der Waals surface area contributed by atoms with E-state index in [4.69, 9.17) is 4.74 Å². The highest BCUT2D eigenvalue weighted by Gasteiger charge is 2.34. The fourth-order valence-electron chi connectivity index (χ4n) is 3.84. The maximum absolute atomic E-state index is 14.0. The zero-order valence-corrected chi connectivity index (χ0v) is 18.9. The van der Waals surface area contributed by atoms with E-state index in [1.54, 1.807) is 13.0 Å². The predicted molar refractivity (Wildman–Crippen MR) is 119 cm³/mol. The zero-order valence-electron chi connectivity index (χ0n) is 18.1. The van der Waals surface area contributed by atoms with E-state index in [0.29, 0.717) is 24.2 Å². The molecule has 1 fully saturated rings. The summed E-state index contributed by atoms with van der Waals surface area (Å²) in [5.41, 5.74) is 2.18. The maximum atomic E-state index is 14.0. The molecule has 8 heteroatoms. The van der Waals surface area contributed by atoms with Gasteiger partial charge in [-0.15, -0.1) is 0 Å². The first kappa shape index (κ1) is 23.2. The summed E-state index contributed by atoms with van der Waals surface area (Å²) in [4.78, 5) is 12.7. The van der Waals surface area contributed by atoms with Crippen LogP contribution in [0.15, 0.2) is 42.5 Å². The normalized spacial score (nSPS) is 18.8. The first-order chi connectivity index (χ1) is 14.8. The standard InChI is InChI=1S/C23H29FN2O4S/c1-4-16(2)31(28,29)26-12-11-25-23(27)18(15-26)13-17-7-5-6-8-20(17)21-14-19(24)9-10-22(21)30-3/h5-10,14,16,18H,4,11-13,15H2,1-3H3,(H,25,27). The molecule has 168 valence electrons. The SMILES string of the molecule is CCC(C)S(=O)(=O)N1CCNC(=O)C(Cc2ccccc2-c2cc(F)ccc2OC)C1. The van der Waals surface area contributed by atoms with Gasteiger partial charge in [-0.05, 0) is 49.1 Å². The number of carbonyl (C=O) groups is 1. The van der Waals surface area contributed by atoms with E-state index < -0.39 is 21.2 Å². The largest absolute Gasteiger partial charge is 0.496 e. The lowest BCUT2D eigenvalue weighted by Crippen LogP contribution is -2.41. The highest BCUT2D eigenvalue weighted by Crippen LogP contribution is 2.34. The van der Waals surface area contributed by atoms with Crippen LogP contribution < -0.4 is 10.1 Å². The molecule has 3 rings (SSSR count). The van der Waals surface area contributed by atoms with Crippen molar-refractivity contribution in [2.24, 2.45) is 5.92 Å². The van der Waals surface area contributed by atoms with Gasteiger partial charge >= 0.3 is 0 Å². The minimum atomic E-state index is -3.49. The summed E-state index contributed by atoms with van der Waals surface area (Å²) < 4.78 is 46.6. The summed E-state index contributed by atoms with van der Waals surface area (Å²) in [6.07, 6.45) is 0.835. The first-order valence-electron chi connectivity index (χ1n) is 10.5. The molecule has 2 unspecified atom stereocenters. The highest BCUT2D eigenvalue weighted by atomic mass is 32.2. The Kier molecular flexibility index (Phi) is 7.33. The molecular weight excluding hydrogens is 419 g/mol. The molecule has 1 aliphatic rings. The maximum Gasteiger partial charge on any atom is 0.224 e. The summed E-state index contributed by atoms with van der Waals surface area (Å²) in [5, 5.41) is 2.33. The molecule has 0 bridgehead atoms. The average Bonchev–Trinajstić information content (AvgIpc) is 2.95. The van der Waals surface area contributed by atoms with E-state index in [0.717, 1.165) is 11.1 Å². The Morgan fingerprint density at radius 3 is 2.68 bits per heavy atom. The number of hydrogen-bond acceptors (Lipinski definition) is 4. The molecule has 2 atom stereocenters. The van der Waals surface area contributed by atoms with Gasteiger partial charge in [0.25, 0.3) is 0 Å². The van der Waals surface area contributed by atoms with Gasteiger partial charge in [0, 0.05) is 25.2 Å². The van der Waals surface area contributed by atoms with Gasteiger partial charge in [-0.1, -0.05) is 31.2 Å². The lowest BCUT2D eigenvalue weighted by Gasteiger charge is -2.26. The van der Waals surface area contributed by atoms with Crippen LogP contribution in [-0.4, -0.2) is 50.6 Å². The third-order valence-corrected chi connectivity index (χ3v) is 8.24. The van der Waals surface area contributed by atoms with Crippen LogP contribution in [0.3, 0.4) is 0 Å². The molecular formula is C23H29FN2O4S. The molecule has 0 spiro atoms. The Morgan fingerprint density at radius 2 is 1.97 bits per heavy atom. The average molecular weight is 449 g/mol. The van der Waals surface area contributed by atoms with Crippen LogP contribution in [0.25, 0.3) is 11.1 Å². The third-order valence-electron chi connectivity index (χ3n) is 5.83. The topological polar surface area (TPSA) is 75.7 Å². The van der Waals surface area contributed by atoms with Crippen LogP contribution in [0, 0.1) is 11.7 Å². The highest BCUT2D eigenvalue weighted by molar-refractivity contribution is 7.89. The molecule has 1 saturated heterocycles. The molecule has 31 heavy (non-hydrogen) atoms. The van der Waals surface area contributed by atoms with Crippen molar-refractivity contribution in [1.29, 1.82) is 0 Å². The Morgan fingerprint density at radius 1 is 1.23 bits per heavy atom. The molecule has 1 amide bonds. The summed E-state index contributed by atoms with van der Waals surface area (Å²) in [6.45, 7) is 4.19. The number of amides is 1. The van der Waals surface area contributed by atoms with Crippen molar-refractivity contribution in [3.8, 4) is 16.9 Å². The van der Waals surface area contributed by atoms with Gasteiger partial charge in [-0.25, -0.2) is 12.8 Å². The van der Waals surface area contributed by atoms with Crippen molar-refractivity contribution < 1.29 is 22.3 Å². The van der Waals surface area contributed by atoms with Gasteiger partial charge in [-0.2, -0.15) is 4.31 Å². The van der Waals surface area contributed by atoms with E-state index >= 15 is 0 Å². The number of nitrogens with one attached hydrogen (secondary N) is 1. The van der Waals surface area contributed by atoms with Crippen LogP contribution in [0.2, 0.25) is 0 Å². The Hall–Kier alpha value is -2.45. The second kappa shape index (κ2) is 9.78. The van der Waals surface area contributed by atoms with E-state index in [1.165, 1.54) is 23.5 Å². The molecule has 1 N–H and O–H groups in total. The second-order valence-corrected chi connectivity index (χ2v) is 10.2. The van der Waals surface area contributed by atoms with Gasteiger partial charge in [0.05, 0.1) is 18.3 Å². The summed E-state index contributed by atoms with van der Waals surface area (Å²) in [5.74, 6) is -0.589.